The van der Waals surface area contributed by atoms with Crippen LogP contribution in [0, 0.1) is 0 Å². The third-order valence-corrected chi connectivity index (χ3v) is 8.45. The summed E-state index contributed by atoms with van der Waals surface area (Å²) in [6.07, 6.45) is 18.1. The summed E-state index contributed by atoms with van der Waals surface area (Å²) in [5.41, 5.74) is 0. The van der Waals surface area contributed by atoms with Crippen LogP contribution in [-0.4, -0.2) is 94.7 Å². The predicted octanol–water partition coefficient (Wildman–Crippen LogP) is 8.64. The molecule has 0 aromatic carbocycles. The number of esters is 4. The summed E-state index contributed by atoms with van der Waals surface area (Å²) in [7, 11) is 3.65. The van der Waals surface area contributed by atoms with Crippen LogP contribution in [0.15, 0.2) is 0 Å². The first-order chi connectivity index (χ1) is 25.2. The largest absolute Gasteiger partial charge is 0.509 e. The first-order valence-electron chi connectivity index (χ1n) is 20.3. The van der Waals surface area contributed by atoms with Gasteiger partial charge in [-0.1, -0.05) is 90.9 Å². The van der Waals surface area contributed by atoms with Crippen LogP contribution in [-0.2, 0) is 47.6 Å². The minimum absolute atomic E-state index is 0.0774. The number of hydrogen-bond acceptors (Lipinski definition) is 12. The number of carbonyl (C=O) groups is 5. The maximum Gasteiger partial charge on any atom is 0.509 e. The van der Waals surface area contributed by atoms with E-state index in [1.807, 2.05) is 19.0 Å². The Morgan fingerprint density at radius 3 is 1.27 bits per heavy atom. The van der Waals surface area contributed by atoms with Crippen molar-refractivity contribution in [2.24, 2.45) is 0 Å². The number of hydrogen-bond donors (Lipinski definition) is 0. The highest BCUT2D eigenvalue weighted by Crippen LogP contribution is 2.12. The lowest BCUT2D eigenvalue weighted by Crippen LogP contribution is -2.31. The van der Waals surface area contributed by atoms with Gasteiger partial charge in [0.1, 0.15) is 6.61 Å². The third kappa shape index (κ3) is 34.2. The fourth-order valence-corrected chi connectivity index (χ4v) is 5.19. The Morgan fingerprint density at radius 2 is 0.827 bits per heavy atom. The number of likely N-dealkylation sites (N-methyl/N-ethyl adjacent to an activating group) is 1. The Morgan fingerprint density at radius 1 is 0.442 bits per heavy atom. The van der Waals surface area contributed by atoms with E-state index < -0.39 is 24.2 Å². The van der Waals surface area contributed by atoms with Crippen LogP contribution < -0.4 is 0 Å². The minimum atomic E-state index is -1.33. The summed E-state index contributed by atoms with van der Waals surface area (Å²) in [4.78, 5) is 63.1. The minimum Gasteiger partial charge on any atom is -0.466 e. The van der Waals surface area contributed by atoms with E-state index in [2.05, 4.69) is 13.8 Å². The highest BCUT2D eigenvalue weighted by Gasteiger charge is 2.27. The fourth-order valence-electron chi connectivity index (χ4n) is 5.19. The SMILES string of the molecule is CCCCCCCCCOC(=O)CCCCCOC(=O)CCC(OC(=O)OCCN(C)C)C(=O)OCCCCCC(=O)OCCCCCCCCC. The first-order valence-corrected chi connectivity index (χ1v) is 20.3. The number of unbranched alkanes of at least 4 members (excludes halogenated alkanes) is 16. The molecule has 0 aromatic heterocycles. The van der Waals surface area contributed by atoms with Gasteiger partial charge in [0.15, 0.2) is 0 Å². The van der Waals surface area contributed by atoms with Gasteiger partial charge in [0, 0.05) is 32.2 Å². The number of rotatable bonds is 36. The topological polar surface area (TPSA) is 144 Å². The zero-order chi connectivity index (χ0) is 38.5. The molecule has 52 heavy (non-hydrogen) atoms. The van der Waals surface area contributed by atoms with E-state index in [4.69, 9.17) is 28.4 Å². The molecule has 0 spiro atoms. The van der Waals surface area contributed by atoms with Gasteiger partial charge >= 0.3 is 30.0 Å². The summed E-state index contributed by atoms with van der Waals surface area (Å²) >= 11 is 0. The number of ether oxygens (including phenoxy) is 6. The average Bonchev–Trinajstić information content (AvgIpc) is 3.11. The van der Waals surface area contributed by atoms with E-state index in [0.29, 0.717) is 71.1 Å². The molecule has 0 aliphatic heterocycles. The smallest absolute Gasteiger partial charge is 0.466 e. The molecule has 0 saturated heterocycles. The van der Waals surface area contributed by atoms with Crippen molar-refractivity contribution in [1.29, 1.82) is 0 Å². The molecule has 0 saturated carbocycles. The first kappa shape index (κ1) is 49.1. The summed E-state index contributed by atoms with van der Waals surface area (Å²) in [6, 6.07) is 0. The molecule has 0 aliphatic rings. The van der Waals surface area contributed by atoms with Crippen LogP contribution in [0.3, 0.4) is 0 Å². The van der Waals surface area contributed by atoms with Crippen LogP contribution >= 0.6 is 0 Å². The van der Waals surface area contributed by atoms with Gasteiger partial charge in [-0.2, -0.15) is 0 Å². The summed E-state index contributed by atoms with van der Waals surface area (Å²) in [5.74, 6) is -1.72. The summed E-state index contributed by atoms with van der Waals surface area (Å²) < 4.78 is 31.5. The zero-order valence-corrected chi connectivity index (χ0v) is 33.2. The van der Waals surface area contributed by atoms with Crippen molar-refractivity contribution >= 4 is 30.0 Å². The van der Waals surface area contributed by atoms with Crippen molar-refractivity contribution in [3.05, 3.63) is 0 Å². The Balaban J connectivity index is 4.27. The Bertz CT molecular complexity index is 912. The van der Waals surface area contributed by atoms with Crippen molar-refractivity contribution in [2.75, 3.05) is 53.7 Å². The number of carbonyl (C=O) groups excluding carboxylic acids is 5. The Labute approximate surface area is 314 Å². The third-order valence-electron chi connectivity index (χ3n) is 8.45. The molecule has 0 aliphatic carbocycles. The van der Waals surface area contributed by atoms with Crippen molar-refractivity contribution < 1.29 is 52.4 Å². The molecule has 0 amide bonds. The molecule has 0 heterocycles. The molecule has 12 nitrogen and oxygen atoms in total. The van der Waals surface area contributed by atoms with E-state index in [0.717, 1.165) is 25.7 Å². The molecule has 12 heteroatoms. The van der Waals surface area contributed by atoms with Gasteiger partial charge in [-0.05, 0) is 65.5 Å². The van der Waals surface area contributed by atoms with E-state index in [-0.39, 0.29) is 44.6 Å². The van der Waals surface area contributed by atoms with Gasteiger partial charge in [0.25, 0.3) is 0 Å². The molecular weight excluding hydrogens is 670 g/mol. The molecule has 0 radical (unpaired) electrons. The van der Waals surface area contributed by atoms with Gasteiger partial charge in [0.05, 0.1) is 26.4 Å². The van der Waals surface area contributed by atoms with Gasteiger partial charge in [-0.25, -0.2) is 9.59 Å². The van der Waals surface area contributed by atoms with Crippen molar-refractivity contribution in [3.63, 3.8) is 0 Å². The highest BCUT2D eigenvalue weighted by atomic mass is 16.7. The lowest BCUT2D eigenvalue weighted by Gasteiger charge is -2.17. The van der Waals surface area contributed by atoms with Gasteiger partial charge in [0.2, 0.25) is 6.10 Å². The van der Waals surface area contributed by atoms with Crippen LogP contribution in [0.5, 0.6) is 0 Å². The fraction of sp³-hybridized carbons (Fsp3) is 0.875. The summed E-state index contributed by atoms with van der Waals surface area (Å²) in [6.45, 7) is 6.13. The number of nitrogens with zero attached hydrogens (tertiary/aromatic N) is 1. The van der Waals surface area contributed by atoms with Crippen LogP contribution in [0.4, 0.5) is 4.79 Å². The van der Waals surface area contributed by atoms with Crippen molar-refractivity contribution in [2.45, 2.75) is 174 Å². The van der Waals surface area contributed by atoms with E-state index in [1.165, 1.54) is 64.2 Å². The molecule has 0 bridgehead atoms. The molecule has 304 valence electrons. The van der Waals surface area contributed by atoms with Gasteiger partial charge < -0.3 is 33.3 Å². The van der Waals surface area contributed by atoms with E-state index >= 15 is 0 Å². The lowest BCUT2D eigenvalue weighted by atomic mass is 10.1. The zero-order valence-electron chi connectivity index (χ0n) is 33.2. The molecule has 0 aromatic rings. The van der Waals surface area contributed by atoms with Crippen LogP contribution in [0.2, 0.25) is 0 Å². The Hall–Kier alpha value is -2.89. The second-order valence-corrected chi connectivity index (χ2v) is 13.7. The van der Waals surface area contributed by atoms with E-state index in [9.17, 15) is 24.0 Å². The van der Waals surface area contributed by atoms with E-state index in [1.54, 1.807) is 0 Å². The Kier molecular flexibility index (Phi) is 34.4. The molecule has 0 N–H and O–H groups in total. The monoisotopic (exact) mass is 744 g/mol. The van der Waals surface area contributed by atoms with Crippen LogP contribution in [0.25, 0.3) is 0 Å². The molecule has 0 fully saturated rings. The van der Waals surface area contributed by atoms with Gasteiger partial charge in [-0.3, -0.25) is 14.4 Å². The highest BCUT2D eigenvalue weighted by molar-refractivity contribution is 5.78. The maximum absolute atomic E-state index is 12.8. The molecule has 0 rings (SSSR count). The maximum atomic E-state index is 12.8. The normalized spacial score (nSPS) is 11.6. The summed E-state index contributed by atoms with van der Waals surface area (Å²) in [5, 5.41) is 0. The molecule has 1 unspecified atom stereocenters. The average molecular weight is 744 g/mol. The standard InChI is InChI=1S/C40H73NO11/c1-5-7-9-11-13-15-21-30-47-36(42)25-19-17-23-32-49-38(44)28-27-35(52-40(46)51-34-29-41(3)4)39(45)50-33-24-18-20-26-37(43)48-31-22-16-14-12-10-8-6-2/h35H,5-34H2,1-4H3. The van der Waals surface area contributed by atoms with Crippen molar-refractivity contribution in [3.8, 4) is 0 Å². The van der Waals surface area contributed by atoms with Crippen molar-refractivity contribution in [1.82, 2.24) is 4.90 Å². The molecular formula is C40H73NO11. The second-order valence-electron chi connectivity index (χ2n) is 13.7. The molecule has 1 atom stereocenters. The van der Waals surface area contributed by atoms with Gasteiger partial charge in [-0.15, -0.1) is 0 Å². The predicted molar refractivity (Wildman–Crippen MR) is 201 cm³/mol. The second kappa shape index (κ2) is 36.5. The quantitative estimate of drug-likeness (QED) is 0.0344. The lowest BCUT2D eigenvalue weighted by molar-refractivity contribution is -0.157. The van der Waals surface area contributed by atoms with Crippen LogP contribution in [0.1, 0.15) is 168 Å².